The number of carbonyl (C=O) groups is 1. The Morgan fingerprint density at radius 2 is 1.79 bits per heavy atom. The maximum Gasteiger partial charge on any atom is 0.305 e. The molecule has 0 aromatic carbocycles. The average molecular weight is 391 g/mol. The molecule has 7 atom stereocenters. The van der Waals surface area contributed by atoms with Crippen LogP contribution >= 0.6 is 0 Å². The van der Waals surface area contributed by atoms with Crippen molar-refractivity contribution >= 4 is 5.97 Å². The lowest BCUT2D eigenvalue weighted by atomic mass is 9.45. The maximum absolute atomic E-state index is 11.8. The summed E-state index contributed by atoms with van der Waals surface area (Å²) in [5, 5.41) is 8.78. The van der Waals surface area contributed by atoms with Gasteiger partial charge in [0.05, 0.1) is 6.61 Å². The lowest BCUT2D eigenvalue weighted by Crippen LogP contribution is -2.52. The van der Waals surface area contributed by atoms with Gasteiger partial charge < -0.3 is 9.84 Å². The van der Waals surface area contributed by atoms with E-state index in [1.165, 1.54) is 70.6 Å². The number of hydrogen-bond donors (Lipinski definition) is 1. The second-order valence-corrected chi connectivity index (χ2v) is 11.1. The van der Waals surface area contributed by atoms with Crippen LogP contribution in [0.2, 0.25) is 0 Å². The van der Waals surface area contributed by atoms with Crippen LogP contribution in [0.4, 0.5) is 0 Å². The fourth-order valence-corrected chi connectivity index (χ4v) is 8.60. The zero-order chi connectivity index (χ0) is 19.8. The Balaban J connectivity index is 1.37. The van der Waals surface area contributed by atoms with Crippen molar-refractivity contribution in [1.82, 2.24) is 0 Å². The summed E-state index contributed by atoms with van der Waals surface area (Å²) in [6.07, 6.45) is 17.2. The van der Waals surface area contributed by atoms with Gasteiger partial charge in [0.25, 0.3) is 0 Å². The van der Waals surface area contributed by atoms with Gasteiger partial charge in [-0.15, -0.1) is 0 Å². The Labute approximate surface area is 172 Å². The van der Waals surface area contributed by atoms with Crippen molar-refractivity contribution in [2.24, 2.45) is 40.4 Å². The highest BCUT2D eigenvalue weighted by atomic mass is 16.5. The number of esters is 1. The number of aliphatic hydroxyl groups is 1. The zero-order valence-electron chi connectivity index (χ0n) is 18.3. The summed E-state index contributed by atoms with van der Waals surface area (Å²) in [4.78, 5) is 11.8. The van der Waals surface area contributed by atoms with E-state index in [4.69, 9.17) is 9.84 Å². The van der Waals surface area contributed by atoms with E-state index in [1.807, 2.05) is 0 Å². The minimum absolute atomic E-state index is 0.0730. The number of hydrogen-bond acceptors (Lipinski definition) is 3. The highest BCUT2D eigenvalue weighted by Crippen LogP contribution is 2.67. The van der Waals surface area contributed by atoms with Gasteiger partial charge in [0.1, 0.15) is 6.61 Å². The molecule has 1 N–H and O–H groups in total. The van der Waals surface area contributed by atoms with Crippen LogP contribution in [0.5, 0.6) is 0 Å². The Kier molecular flexibility index (Phi) is 6.12. The summed E-state index contributed by atoms with van der Waals surface area (Å²) in [6.45, 7) is 5.34. The predicted octanol–water partition coefficient (Wildman–Crippen LogP) is 5.74. The van der Waals surface area contributed by atoms with Gasteiger partial charge in [-0.1, -0.05) is 26.7 Å². The molecule has 0 aromatic rings. The van der Waals surface area contributed by atoms with Crippen LogP contribution in [-0.4, -0.2) is 24.3 Å². The third-order valence-corrected chi connectivity index (χ3v) is 10.1. The summed E-state index contributed by atoms with van der Waals surface area (Å²) in [7, 11) is 0. The average Bonchev–Trinajstić information content (AvgIpc) is 3.02. The van der Waals surface area contributed by atoms with E-state index >= 15 is 0 Å². The van der Waals surface area contributed by atoms with E-state index in [0.717, 1.165) is 36.0 Å². The molecule has 0 radical (unpaired) electrons. The number of carbonyl (C=O) groups excluding carboxylic acids is 1. The fourth-order valence-electron chi connectivity index (χ4n) is 8.60. The van der Waals surface area contributed by atoms with Crippen LogP contribution in [-0.2, 0) is 9.53 Å². The number of fused-ring (bicyclic) bond motifs is 5. The van der Waals surface area contributed by atoms with Gasteiger partial charge in [0.15, 0.2) is 0 Å². The summed E-state index contributed by atoms with van der Waals surface area (Å²) in [5.74, 6) is 4.54. The number of aliphatic hydroxyl groups excluding tert-OH is 1. The molecule has 4 aliphatic carbocycles. The molecule has 0 spiro atoms. The topological polar surface area (TPSA) is 46.5 Å². The molecule has 28 heavy (non-hydrogen) atoms. The normalized spacial score (nSPS) is 45.0. The Bertz CT molecular complexity index is 560. The van der Waals surface area contributed by atoms with E-state index in [-0.39, 0.29) is 19.2 Å². The summed E-state index contributed by atoms with van der Waals surface area (Å²) in [6, 6.07) is 0. The van der Waals surface area contributed by atoms with Gasteiger partial charge in [0, 0.05) is 6.42 Å². The van der Waals surface area contributed by atoms with Crippen molar-refractivity contribution in [3.8, 4) is 0 Å². The molecule has 3 unspecified atom stereocenters. The third kappa shape index (κ3) is 3.55. The second-order valence-electron chi connectivity index (χ2n) is 11.1. The van der Waals surface area contributed by atoms with E-state index in [2.05, 4.69) is 13.8 Å². The Morgan fingerprint density at radius 3 is 2.61 bits per heavy atom. The smallest absolute Gasteiger partial charge is 0.305 e. The molecular weight excluding hydrogens is 348 g/mol. The highest BCUT2D eigenvalue weighted by molar-refractivity contribution is 5.69. The summed E-state index contributed by atoms with van der Waals surface area (Å²) in [5.41, 5.74) is 1.14. The third-order valence-electron chi connectivity index (χ3n) is 10.1. The van der Waals surface area contributed by atoms with Crippen LogP contribution in [0, 0.1) is 40.4 Å². The molecule has 4 aliphatic rings. The summed E-state index contributed by atoms with van der Waals surface area (Å²) < 4.78 is 5.03. The first-order valence-electron chi connectivity index (χ1n) is 12.3. The zero-order valence-corrected chi connectivity index (χ0v) is 18.3. The lowest BCUT2D eigenvalue weighted by Gasteiger charge is -2.60. The molecule has 4 rings (SSSR count). The first-order chi connectivity index (χ1) is 13.5. The van der Waals surface area contributed by atoms with Crippen molar-refractivity contribution in [3.05, 3.63) is 0 Å². The molecule has 160 valence electrons. The molecule has 3 heteroatoms. The molecule has 0 aromatic heterocycles. The van der Waals surface area contributed by atoms with Crippen molar-refractivity contribution in [1.29, 1.82) is 0 Å². The standard InChI is InChI=1S/C25H42O3/c1-24-14-4-3-6-18(24)9-11-20-21-12-10-19(25(21,2)15-13-22(20)24)7-5-8-23(27)28-17-16-26/h18-22,26H,3-17H2,1-2H3/t18-,19?,20-,21?,22?,24-,25+/m0/s1. The van der Waals surface area contributed by atoms with Gasteiger partial charge in [0.2, 0.25) is 0 Å². The quantitative estimate of drug-likeness (QED) is 0.588. The van der Waals surface area contributed by atoms with Gasteiger partial charge >= 0.3 is 5.97 Å². The molecule has 0 bridgehead atoms. The number of rotatable bonds is 6. The maximum atomic E-state index is 11.8. The Morgan fingerprint density at radius 1 is 0.964 bits per heavy atom. The minimum Gasteiger partial charge on any atom is -0.463 e. The van der Waals surface area contributed by atoms with Crippen molar-refractivity contribution < 1.29 is 14.6 Å². The van der Waals surface area contributed by atoms with Crippen LogP contribution in [0.1, 0.15) is 97.3 Å². The van der Waals surface area contributed by atoms with Crippen molar-refractivity contribution in [2.45, 2.75) is 97.3 Å². The monoisotopic (exact) mass is 390 g/mol. The molecule has 4 saturated carbocycles. The van der Waals surface area contributed by atoms with E-state index in [1.54, 1.807) is 0 Å². The van der Waals surface area contributed by atoms with Crippen LogP contribution in [0.15, 0.2) is 0 Å². The van der Waals surface area contributed by atoms with Crippen molar-refractivity contribution in [3.63, 3.8) is 0 Å². The Hall–Kier alpha value is -0.570. The molecule has 0 heterocycles. The van der Waals surface area contributed by atoms with Gasteiger partial charge in [-0.25, -0.2) is 0 Å². The molecule has 3 nitrogen and oxygen atoms in total. The molecule has 0 saturated heterocycles. The SMILES string of the molecule is C[C@]12CCC3[C@@H](CC[C@@H]4CCCC[C@]34C)C1CCC2CCCC(=O)OCCO. The molecule has 0 amide bonds. The molecule has 4 fully saturated rings. The van der Waals surface area contributed by atoms with Crippen LogP contribution in [0.25, 0.3) is 0 Å². The predicted molar refractivity (Wildman–Crippen MR) is 112 cm³/mol. The largest absolute Gasteiger partial charge is 0.463 e. The minimum atomic E-state index is -0.138. The summed E-state index contributed by atoms with van der Waals surface area (Å²) >= 11 is 0. The van der Waals surface area contributed by atoms with Gasteiger partial charge in [-0.05, 0) is 105 Å². The first-order valence-corrected chi connectivity index (χ1v) is 12.3. The highest BCUT2D eigenvalue weighted by Gasteiger charge is 2.59. The lowest BCUT2D eigenvalue weighted by molar-refractivity contribution is -0.144. The molecular formula is C25H42O3. The fraction of sp³-hybridized carbons (Fsp3) is 0.960. The first kappa shape index (κ1) is 20.7. The second kappa shape index (κ2) is 8.28. The number of ether oxygens (including phenoxy) is 1. The van der Waals surface area contributed by atoms with Crippen LogP contribution in [0.3, 0.4) is 0 Å². The van der Waals surface area contributed by atoms with E-state index < -0.39 is 0 Å². The van der Waals surface area contributed by atoms with Gasteiger partial charge in [-0.3, -0.25) is 4.79 Å². The molecule has 0 aliphatic heterocycles. The van der Waals surface area contributed by atoms with Gasteiger partial charge in [-0.2, -0.15) is 0 Å². The van der Waals surface area contributed by atoms with E-state index in [9.17, 15) is 4.79 Å². The van der Waals surface area contributed by atoms with Crippen LogP contribution < -0.4 is 0 Å². The van der Waals surface area contributed by atoms with Crippen molar-refractivity contribution in [2.75, 3.05) is 13.2 Å². The van der Waals surface area contributed by atoms with E-state index in [0.29, 0.717) is 17.3 Å².